The van der Waals surface area contributed by atoms with Crippen LogP contribution in [0.4, 0.5) is 5.69 Å². The fourth-order valence-electron chi connectivity index (χ4n) is 1.81. The van der Waals surface area contributed by atoms with Crippen molar-refractivity contribution >= 4 is 17.3 Å². The van der Waals surface area contributed by atoms with Gasteiger partial charge in [0.05, 0.1) is 16.6 Å². The molecule has 5 nitrogen and oxygen atoms in total. The van der Waals surface area contributed by atoms with Gasteiger partial charge in [-0.1, -0.05) is 24.9 Å². The first-order chi connectivity index (χ1) is 9.08. The molecule has 1 aromatic rings. The second-order valence-electron chi connectivity index (χ2n) is 4.39. The minimum atomic E-state index is -0.460. The van der Waals surface area contributed by atoms with Gasteiger partial charge in [-0.3, -0.25) is 15.0 Å². The lowest BCUT2D eigenvalue weighted by molar-refractivity contribution is -0.384. The molecular weight excluding hydrogens is 268 g/mol. The second kappa shape index (κ2) is 8.09. The van der Waals surface area contributed by atoms with Crippen LogP contribution < -0.4 is 0 Å². The molecule has 0 amide bonds. The number of aliphatic hydroxyl groups excluding tert-OH is 1. The third kappa shape index (κ3) is 5.14. The van der Waals surface area contributed by atoms with E-state index in [0.717, 1.165) is 24.9 Å². The number of benzene rings is 1. The van der Waals surface area contributed by atoms with Crippen LogP contribution in [0.3, 0.4) is 0 Å². The molecule has 0 aromatic heterocycles. The van der Waals surface area contributed by atoms with E-state index in [1.165, 1.54) is 12.1 Å². The third-order valence-corrected chi connectivity index (χ3v) is 3.24. The van der Waals surface area contributed by atoms with E-state index in [0.29, 0.717) is 18.1 Å². The van der Waals surface area contributed by atoms with Gasteiger partial charge in [0.15, 0.2) is 0 Å². The maximum atomic E-state index is 10.6. The Labute approximate surface area is 117 Å². The number of hydrogen-bond donors (Lipinski definition) is 1. The van der Waals surface area contributed by atoms with E-state index in [4.69, 9.17) is 16.7 Å². The Hall–Kier alpha value is -1.17. The molecule has 6 heteroatoms. The molecule has 106 valence electrons. The Morgan fingerprint density at radius 1 is 1.42 bits per heavy atom. The van der Waals surface area contributed by atoms with Gasteiger partial charge in [-0.2, -0.15) is 0 Å². The molecule has 0 radical (unpaired) electrons. The van der Waals surface area contributed by atoms with E-state index in [9.17, 15) is 10.1 Å². The Balaban J connectivity index is 2.75. The van der Waals surface area contributed by atoms with Crippen molar-refractivity contribution in [1.29, 1.82) is 0 Å². The van der Waals surface area contributed by atoms with Gasteiger partial charge in [0, 0.05) is 25.2 Å². The van der Waals surface area contributed by atoms with Crippen molar-refractivity contribution < 1.29 is 10.0 Å². The molecule has 0 spiro atoms. The average molecular weight is 287 g/mol. The topological polar surface area (TPSA) is 66.6 Å². The minimum Gasteiger partial charge on any atom is -0.395 e. The highest BCUT2D eigenvalue weighted by Gasteiger charge is 2.12. The molecule has 19 heavy (non-hydrogen) atoms. The lowest BCUT2D eigenvalue weighted by Crippen LogP contribution is -2.27. The van der Waals surface area contributed by atoms with Crippen LogP contribution in [0.5, 0.6) is 0 Å². The molecular formula is C13H19ClN2O3. The molecule has 0 unspecified atom stereocenters. The first kappa shape index (κ1) is 15.9. The lowest BCUT2D eigenvalue weighted by atomic mass is 10.2. The van der Waals surface area contributed by atoms with E-state index in [1.807, 2.05) is 0 Å². The fraction of sp³-hybridized carbons (Fsp3) is 0.538. The number of unbranched alkanes of at least 4 members (excludes halogenated alkanes) is 1. The molecule has 1 rings (SSSR count). The Bertz CT molecular complexity index is 426. The Morgan fingerprint density at radius 2 is 2.16 bits per heavy atom. The maximum Gasteiger partial charge on any atom is 0.270 e. The summed E-state index contributed by atoms with van der Waals surface area (Å²) in [6.07, 6.45) is 2.13. The standard InChI is InChI=1S/C13H19ClN2O3/c1-2-3-6-15(7-8-17)10-11-4-5-12(16(18)19)9-13(11)14/h4-5,9,17H,2-3,6-8,10H2,1H3. The van der Waals surface area contributed by atoms with Gasteiger partial charge in [0.1, 0.15) is 0 Å². The van der Waals surface area contributed by atoms with E-state index >= 15 is 0 Å². The predicted molar refractivity (Wildman–Crippen MR) is 75.4 cm³/mol. The van der Waals surface area contributed by atoms with Gasteiger partial charge < -0.3 is 5.11 Å². The number of hydrogen-bond acceptors (Lipinski definition) is 4. The average Bonchev–Trinajstić information content (AvgIpc) is 2.38. The normalized spacial score (nSPS) is 10.9. The van der Waals surface area contributed by atoms with Gasteiger partial charge in [0.2, 0.25) is 0 Å². The second-order valence-corrected chi connectivity index (χ2v) is 4.79. The van der Waals surface area contributed by atoms with Crippen molar-refractivity contribution in [3.05, 3.63) is 38.9 Å². The number of aliphatic hydroxyl groups is 1. The highest BCUT2D eigenvalue weighted by molar-refractivity contribution is 6.31. The molecule has 0 bridgehead atoms. The van der Waals surface area contributed by atoms with Crippen molar-refractivity contribution in [2.24, 2.45) is 0 Å². The zero-order valence-corrected chi connectivity index (χ0v) is 11.8. The van der Waals surface area contributed by atoms with Crippen LogP contribution in [0.1, 0.15) is 25.3 Å². The van der Waals surface area contributed by atoms with Gasteiger partial charge in [-0.15, -0.1) is 0 Å². The zero-order chi connectivity index (χ0) is 14.3. The lowest BCUT2D eigenvalue weighted by Gasteiger charge is -2.21. The van der Waals surface area contributed by atoms with Crippen LogP contribution in [0.2, 0.25) is 5.02 Å². The number of rotatable bonds is 8. The van der Waals surface area contributed by atoms with Crippen molar-refractivity contribution in [2.75, 3.05) is 19.7 Å². The SMILES string of the molecule is CCCCN(CCO)Cc1ccc([N+](=O)[O-])cc1Cl. The predicted octanol–water partition coefficient (Wildman–Crippen LogP) is 2.84. The molecule has 0 aliphatic rings. The number of nitro groups is 1. The molecule has 1 aromatic carbocycles. The van der Waals surface area contributed by atoms with Crippen LogP contribution >= 0.6 is 11.6 Å². The van der Waals surface area contributed by atoms with E-state index in [1.54, 1.807) is 6.07 Å². The van der Waals surface area contributed by atoms with Gasteiger partial charge in [0.25, 0.3) is 5.69 Å². The Kier molecular flexibility index (Phi) is 6.77. The van der Waals surface area contributed by atoms with Gasteiger partial charge in [-0.05, 0) is 24.6 Å². The summed E-state index contributed by atoms with van der Waals surface area (Å²) in [6.45, 7) is 4.25. The largest absolute Gasteiger partial charge is 0.395 e. The molecule has 0 heterocycles. The molecule has 0 aliphatic heterocycles. The summed E-state index contributed by atoms with van der Waals surface area (Å²) >= 11 is 6.06. The van der Waals surface area contributed by atoms with Crippen molar-refractivity contribution in [2.45, 2.75) is 26.3 Å². The highest BCUT2D eigenvalue weighted by Crippen LogP contribution is 2.23. The van der Waals surface area contributed by atoms with E-state index < -0.39 is 4.92 Å². The van der Waals surface area contributed by atoms with Crippen LogP contribution in [0.25, 0.3) is 0 Å². The summed E-state index contributed by atoms with van der Waals surface area (Å²) < 4.78 is 0. The van der Waals surface area contributed by atoms with Gasteiger partial charge >= 0.3 is 0 Å². The van der Waals surface area contributed by atoms with Crippen LogP contribution in [-0.2, 0) is 6.54 Å². The molecule has 0 saturated heterocycles. The molecule has 0 fully saturated rings. The monoisotopic (exact) mass is 286 g/mol. The quantitative estimate of drug-likeness (QED) is 0.589. The minimum absolute atomic E-state index is 0.00369. The van der Waals surface area contributed by atoms with Gasteiger partial charge in [-0.25, -0.2) is 0 Å². The van der Waals surface area contributed by atoms with Crippen molar-refractivity contribution in [1.82, 2.24) is 4.90 Å². The first-order valence-corrected chi connectivity index (χ1v) is 6.72. The number of halogens is 1. The summed E-state index contributed by atoms with van der Waals surface area (Å²) in [7, 11) is 0. The summed E-state index contributed by atoms with van der Waals surface area (Å²) in [5, 5.41) is 20.1. The molecule has 0 aliphatic carbocycles. The van der Waals surface area contributed by atoms with E-state index in [-0.39, 0.29) is 12.3 Å². The fourth-order valence-corrected chi connectivity index (χ4v) is 2.05. The highest BCUT2D eigenvalue weighted by atomic mass is 35.5. The van der Waals surface area contributed by atoms with Crippen LogP contribution in [0, 0.1) is 10.1 Å². The number of nitro benzene ring substituents is 1. The zero-order valence-electron chi connectivity index (χ0n) is 11.0. The first-order valence-electron chi connectivity index (χ1n) is 6.34. The summed E-state index contributed by atoms with van der Waals surface area (Å²) in [5.41, 5.74) is 0.841. The molecule has 0 saturated carbocycles. The summed E-state index contributed by atoms with van der Waals surface area (Å²) in [5.74, 6) is 0. The molecule has 1 N–H and O–H groups in total. The number of nitrogens with zero attached hydrogens (tertiary/aromatic N) is 2. The maximum absolute atomic E-state index is 10.6. The van der Waals surface area contributed by atoms with Crippen molar-refractivity contribution in [3.8, 4) is 0 Å². The van der Waals surface area contributed by atoms with E-state index in [2.05, 4.69) is 11.8 Å². The third-order valence-electron chi connectivity index (χ3n) is 2.89. The Morgan fingerprint density at radius 3 is 2.68 bits per heavy atom. The molecule has 0 atom stereocenters. The summed E-state index contributed by atoms with van der Waals surface area (Å²) in [4.78, 5) is 12.3. The number of non-ortho nitro benzene ring substituents is 1. The summed E-state index contributed by atoms with van der Waals surface area (Å²) in [6, 6.07) is 4.50. The smallest absolute Gasteiger partial charge is 0.270 e. The van der Waals surface area contributed by atoms with Crippen LogP contribution in [-0.4, -0.2) is 34.6 Å². The van der Waals surface area contributed by atoms with Crippen LogP contribution in [0.15, 0.2) is 18.2 Å². The van der Waals surface area contributed by atoms with Crippen molar-refractivity contribution in [3.63, 3.8) is 0 Å².